The number of carbonyl (C=O) groups is 2. The molecule has 0 saturated heterocycles. The molecule has 0 aliphatic rings. The van der Waals surface area contributed by atoms with Gasteiger partial charge < -0.3 is 10.1 Å². The summed E-state index contributed by atoms with van der Waals surface area (Å²) in [5.41, 5.74) is 1.94. The molecule has 2 aromatic heterocycles. The zero-order valence-corrected chi connectivity index (χ0v) is 18.6. The molecule has 1 amide bonds. The topological polar surface area (TPSA) is 86.1 Å². The van der Waals surface area contributed by atoms with Crippen molar-refractivity contribution in [3.8, 4) is 0 Å². The van der Waals surface area contributed by atoms with Gasteiger partial charge in [0.15, 0.2) is 12.3 Å². The number of hydrogen-bond donors (Lipinski definition) is 1. The SMILES string of the molecule is CC(C)c1cc(C(=O)OCC(=O)Nc2c(Cl)cccc2Cl)c2cnn(C(C)C)c2n1. The number of nitrogens with zero attached hydrogens (tertiary/aromatic N) is 3. The van der Waals surface area contributed by atoms with Crippen LogP contribution in [-0.4, -0.2) is 33.2 Å². The number of carbonyl (C=O) groups excluding carboxylic acids is 2. The van der Waals surface area contributed by atoms with Crippen molar-refractivity contribution in [2.24, 2.45) is 0 Å². The number of amides is 1. The summed E-state index contributed by atoms with van der Waals surface area (Å²) in [6.07, 6.45) is 1.59. The Morgan fingerprint density at radius 3 is 2.43 bits per heavy atom. The standard InChI is InChI=1S/C21H22Cl2N4O3/c1-11(2)17-8-13(14-9-24-27(12(3)4)20(14)25-17)21(29)30-10-18(28)26-19-15(22)6-5-7-16(19)23/h5-9,11-12H,10H2,1-4H3,(H,26,28). The second-order valence-electron chi connectivity index (χ2n) is 7.39. The van der Waals surface area contributed by atoms with Crippen molar-refractivity contribution in [2.75, 3.05) is 11.9 Å². The molecule has 7 nitrogen and oxygen atoms in total. The maximum atomic E-state index is 12.8. The number of para-hydroxylation sites is 1. The Labute approximate surface area is 184 Å². The minimum atomic E-state index is -0.631. The molecule has 2 heterocycles. The molecular weight excluding hydrogens is 427 g/mol. The number of nitrogens with one attached hydrogen (secondary N) is 1. The smallest absolute Gasteiger partial charge is 0.339 e. The summed E-state index contributed by atoms with van der Waals surface area (Å²) in [4.78, 5) is 29.7. The van der Waals surface area contributed by atoms with Gasteiger partial charge in [-0.15, -0.1) is 0 Å². The highest BCUT2D eigenvalue weighted by molar-refractivity contribution is 6.39. The van der Waals surface area contributed by atoms with E-state index in [1.165, 1.54) is 0 Å². The Kier molecular flexibility index (Phi) is 6.63. The molecule has 0 saturated carbocycles. The molecule has 0 unspecified atom stereocenters. The molecule has 3 aromatic rings. The molecule has 9 heteroatoms. The normalized spacial score (nSPS) is 11.3. The summed E-state index contributed by atoms with van der Waals surface area (Å²) in [6, 6.07) is 6.63. The van der Waals surface area contributed by atoms with Crippen molar-refractivity contribution in [2.45, 2.75) is 39.7 Å². The lowest BCUT2D eigenvalue weighted by Crippen LogP contribution is -2.21. The first kappa shape index (κ1) is 22.1. The third kappa shape index (κ3) is 4.57. The van der Waals surface area contributed by atoms with Crippen LogP contribution in [0.2, 0.25) is 10.0 Å². The van der Waals surface area contributed by atoms with E-state index in [0.717, 1.165) is 5.69 Å². The van der Waals surface area contributed by atoms with Gasteiger partial charge in [0.2, 0.25) is 0 Å². The van der Waals surface area contributed by atoms with Crippen molar-refractivity contribution in [3.63, 3.8) is 0 Å². The number of pyridine rings is 1. The van der Waals surface area contributed by atoms with Gasteiger partial charge in [0.25, 0.3) is 5.91 Å². The zero-order chi connectivity index (χ0) is 22.0. The lowest BCUT2D eigenvalue weighted by Gasteiger charge is -2.12. The largest absolute Gasteiger partial charge is 0.452 e. The summed E-state index contributed by atoms with van der Waals surface area (Å²) in [5, 5.41) is 8.07. The van der Waals surface area contributed by atoms with Gasteiger partial charge in [-0.3, -0.25) is 4.79 Å². The van der Waals surface area contributed by atoms with Gasteiger partial charge in [-0.1, -0.05) is 43.1 Å². The first-order chi connectivity index (χ1) is 14.2. The predicted molar refractivity (Wildman–Crippen MR) is 117 cm³/mol. The van der Waals surface area contributed by atoms with Crippen LogP contribution in [0.15, 0.2) is 30.5 Å². The van der Waals surface area contributed by atoms with Crippen LogP contribution in [-0.2, 0) is 9.53 Å². The number of esters is 1. The predicted octanol–water partition coefficient (Wildman–Crippen LogP) is 5.24. The van der Waals surface area contributed by atoms with E-state index in [1.807, 2.05) is 27.7 Å². The van der Waals surface area contributed by atoms with Crippen molar-refractivity contribution in [1.29, 1.82) is 0 Å². The van der Waals surface area contributed by atoms with Crippen LogP contribution >= 0.6 is 23.2 Å². The third-order valence-electron chi connectivity index (χ3n) is 4.45. The summed E-state index contributed by atoms with van der Waals surface area (Å²) >= 11 is 12.1. The van der Waals surface area contributed by atoms with Gasteiger partial charge >= 0.3 is 5.97 Å². The van der Waals surface area contributed by atoms with E-state index in [1.54, 1.807) is 35.1 Å². The van der Waals surface area contributed by atoms with E-state index in [9.17, 15) is 9.59 Å². The van der Waals surface area contributed by atoms with E-state index in [0.29, 0.717) is 26.6 Å². The lowest BCUT2D eigenvalue weighted by atomic mass is 10.1. The molecule has 1 aromatic carbocycles. The molecule has 30 heavy (non-hydrogen) atoms. The fourth-order valence-electron chi connectivity index (χ4n) is 2.88. The highest BCUT2D eigenvalue weighted by Gasteiger charge is 2.21. The van der Waals surface area contributed by atoms with Crippen LogP contribution in [0.25, 0.3) is 11.0 Å². The number of hydrogen-bond acceptors (Lipinski definition) is 5. The molecule has 1 N–H and O–H groups in total. The Hall–Kier alpha value is -2.64. The Balaban J connectivity index is 1.82. The van der Waals surface area contributed by atoms with Gasteiger partial charge in [0, 0.05) is 11.7 Å². The summed E-state index contributed by atoms with van der Waals surface area (Å²) in [6.45, 7) is 7.45. The van der Waals surface area contributed by atoms with Crippen LogP contribution in [0, 0.1) is 0 Å². The quantitative estimate of drug-likeness (QED) is 0.521. The molecule has 0 spiro atoms. The van der Waals surface area contributed by atoms with E-state index in [4.69, 9.17) is 27.9 Å². The number of anilines is 1. The van der Waals surface area contributed by atoms with Crippen molar-refractivity contribution < 1.29 is 14.3 Å². The highest BCUT2D eigenvalue weighted by atomic mass is 35.5. The number of aromatic nitrogens is 3. The van der Waals surface area contributed by atoms with Crippen LogP contribution < -0.4 is 5.32 Å². The van der Waals surface area contributed by atoms with Crippen molar-refractivity contribution >= 4 is 51.8 Å². The fourth-order valence-corrected chi connectivity index (χ4v) is 3.37. The van der Waals surface area contributed by atoms with E-state index in [-0.39, 0.29) is 17.6 Å². The van der Waals surface area contributed by atoms with Crippen LogP contribution in [0.1, 0.15) is 55.7 Å². The van der Waals surface area contributed by atoms with Crippen LogP contribution in [0.5, 0.6) is 0 Å². The number of benzene rings is 1. The van der Waals surface area contributed by atoms with Crippen molar-refractivity contribution in [1.82, 2.24) is 14.8 Å². The second kappa shape index (κ2) is 9.02. The Bertz CT molecular complexity index is 1090. The molecule has 0 bridgehead atoms. The number of halogens is 2. The van der Waals surface area contributed by atoms with Crippen molar-refractivity contribution in [3.05, 3.63) is 51.8 Å². The number of ether oxygens (including phenoxy) is 1. The summed E-state index contributed by atoms with van der Waals surface area (Å²) in [5.74, 6) is -1.08. The highest BCUT2D eigenvalue weighted by Crippen LogP contribution is 2.30. The fraction of sp³-hybridized carbons (Fsp3) is 0.333. The maximum Gasteiger partial charge on any atom is 0.339 e. The average molecular weight is 449 g/mol. The minimum Gasteiger partial charge on any atom is -0.452 e. The Morgan fingerprint density at radius 2 is 1.83 bits per heavy atom. The van der Waals surface area contributed by atoms with Gasteiger partial charge in [-0.05, 0) is 38.0 Å². The van der Waals surface area contributed by atoms with E-state index >= 15 is 0 Å². The molecule has 0 aliphatic carbocycles. The first-order valence-corrected chi connectivity index (χ1v) is 10.2. The van der Waals surface area contributed by atoms with Gasteiger partial charge in [-0.25, -0.2) is 14.5 Å². The summed E-state index contributed by atoms with van der Waals surface area (Å²) < 4.78 is 7.01. The maximum absolute atomic E-state index is 12.8. The van der Waals surface area contributed by atoms with Gasteiger partial charge in [-0.2, -0.15) is 5.10 Å². The van der Waals surface area contributed by atoms with E-state index in [2.05, 4.69) is 15.4 Å². The average Bonchev–Trinajstić information content (AvgIpc) is 3.12. The number of fused-ring (bicyclic) bond motifs is 1. The molecular formula is C21H22Cl2N4O3. The first-order valence-electron chi connectivity index (χ1n) is 9.48. The molecule has 0 radical (unpaired) electrons. The minimum absolute atomic E-state index is 0.0763. The van der Waals surface area contributed by atoms with Gasteiger partial charge in [0.1, 0.15) is 0 Å². The third-order valence-corrected chi connectivity index (χ3v) is 5.08. The van der Waals surface area contributed by atoms with Crippen LogP contribution in [0.4, 0.5) is 5.69 Å². The molecule has 0 atom stereocenters. The molecule has 0 fully saturated rings. The van der Waals surface area contributed by atoms with Crippen LogP contribution in [0.3, 0.4) is 0 Å². The summed E-state index contributed by atoms with van der Waals surface area (Å²) in [7, 11) is 0. The monoisotopic (exact) mass is 448 g/mol. The number of rotatable bonds is 6. The molecule has 3 rings (SSSR count). The molecule has 158 valence electrons. The van der Waals surface area contributed by atoms with Gasteiger partial charge in [0.05, 0.1) is 32.9 Å². The molecule has 0 aliphatic heterocycles. The Morgan fingerprint density at radius 1 is 1.17 bits per heavy atom. The zero-order valence-electron chi connectivity index (χ0n) is 17.1. The second-order valence-corrected chi connectivity index (χ2v) is 8.20. The lowest BCUT2D eigenvalue weighted by molar-refractivity contribution is -0.119. The van der Waals surface area contributed by atoms with E-state index < -0.39 is 18.5 Å².